The number of nitrogens with zero attached hydrogens (tertiary/aromatic N) is 2. The van der Waals surface area contributed by atoms with Crippen LogP contribution in [0.25, 0.3) is 11.0 Å². The van der Waals surface area contributed by atoms with E-state index < -0.39 is 0 Å². The van der Waals surface area contributed by atoms with Gasteiger partial charge < -0.3 is 14.7 Å². The molecule has 0 radical (unpaired) electrons. The van der Waals surface area contributed by atoms with Crippen molar-refractivity contribution in [3.63, 3.8) is 0 Å². The number of benzene rings is 1. The van der Waals surface area contributed by atoms with Crippen LogP contribution in [0.15, 0.2) is 41.0 Å². The summed E-state index contributed by atoms with van der Waals surface area (Å²) in [6.07, 6.45) is 3.61. The van der Waals surface area contributed by atoms with Crippen molar-refractivity contribution < 1.29 is 9.21 Å². The smallest absolute Gasteiger partial charge is 0.224 e. The molecule has 1 saturated heterocycles. The largest absolute Gasteiger partial charge is 0.468 e. The fourth-order valence-corrected chi connectivity index (χ4v) is 3.64. The number of H-pyrrole nitrogens is 1. The number of piperidine rings is 1. The molecule has 2 aromatic heterocycles. The van der Waals surface area contributed by atoms with Gasteiger partial charge in [0, 0.05) is 11.6 Å². The molecule has 4 rings (SSSR count). The second kappa shape index (κ2) is 7.51. The molecule has 0 bridgehead atoms. The topological polar surface area (TPSA) is 74.2 Å². The summed E-state index contributed by atoms with van der Waals surface area (Å²) in [5.41, 5.74) is 1.73. The number of halogens is 1. The summed E-state index contributed by atoms with van der Waals surface area (Å²) in [7, 11) is 0. The molecule has 7 heteroatoms. The molecule has 1 amide bonds. The van der Waals surface area contributed by atoms with E-state index in [1.165, 1.54) is 0 Å². The van der Waals surface area contributed by atoms with Gasteiger partial charge in [0.1, 0.15) is 11.6 Å². The lowest BCUT2D eigenvalue weighted by atomic mass is 9.97. The van der Waals surface area contributed by atoms with Gasteiger partial charge in [0.15, 0.2) is 0 Å². The first-order chi connectivity index (χ1) is 12.7. The van der Waals surface area contributed by atoms with E-state index in [4.69, 9.17) is 16.0 Å². The highest BCUT2D eigenvalue weighted by Crippen LogP contribution is 2.20. The maximum Gasteiger partial charge on any atom is 0.224 e. The van der Waals surface area contributed by atoms with Crippen LogP contribution in [0.2, 0.25) is 5.02 Å². The van der Waals surface area contributed by atoms with Crippen molar-refractivity contribution in [3.8, 4) is 0 Å². The normalized spacial score (nSPS) is 18.3. The van der Waals surface area contributed by atoms with Crippen LogP contribution in [0.3, 0.4) is 0 Å². The third kappa shape index (κ3) is 3.92. The van der Waals surface area contributed by atoms with Gasteiger partial charge in [-0.15, -0.1) is 0 Å². The summed E-state index contributed by atoms with van der Waals surface area (Å²) in [6.45, 7) is 2.89. The lowest BCUT2D eigenvalue weighted by Gasteiger charge is -2.31. The molecule has 2 N–H and O–H groups in total. The van der Waals surface area contributed by atoms with Crippen LogP contribution in [0.1, 0.15) is 24.4 Å². The number of hydrogen-bond donors (Lipinski definition) is 2. The molecule has 1 fully saturated rings. The van der Waals surface area contributed by atoms with Crippen molar-refractivity contribution in [2.45, 2.75) is 25.9 Å². The van der Waals surface area contributed by atoms with Crippen LogP contribution in [-0.4, -0.2) is 33.9 Å². The summed E-state index contributed by atoms with van der Waals surface area (Å²) in [5.74, 6) is 1.75. The Balaban J connectivity index is 1.33. The Hall–Kier alpha value is -2.31. The third-order valence-corrected chi connectivity index (χ3v) is 4.99. The number of likely N-dealkylation sites (tertiary alicyclic amines) is 1. The number of hydrogen-bond acceptors (Lipinski definition) is 4. The molecule has 1 aliphatic rings. The maximum absolute atomic E-state index is 12.6. The molecule has 0 aliphatic carbocycles. The van der Waals surface area contributed by atoms with Crippen molar-refractivity contribution >= 4 is 28.5 Å². The van der Waals surface area contributed by atoms with Crippen LogP contribution in [-0.2, 0) is 17.9 Å². The van der Waals surface area contributed by atoms with E-state index in [-0.39, 0.29) is 11.8 Å². The predicted octanol–water partition coefficient (Wildman–Crippen LogP) is 3.34. The number of carbonyl (C=O) groups is 1. The van der Waals surface area contributed by atoms with Gasteiger partial charge in [-0.2, -0.15) is 0 Å². The van der Waals surface area contributed by atoms with Gasteiger partial charge in [0.05, 0.1) is 36.3 Å². The van der Waals surface area contributed by atoms with Crippen LogP contribution in [0.5, 0.6) is 0 Å². The van der Waals surface area contributed by atoms with Crippen LogP contribution in [0, 0.1) is 5.92 Å². The number of aromatic nitrogens is 2. The summed E-state index contributed by atoms with van der Waals surface area (Å²) >= 11 is 5.99. The minimum absolute atomic E-state index is 0.00228. The SMILES string of the molecule is O=C(NCc1nc2ccc(Cl)cc2[nH]1)[C@H]1CCCN(Cc2ccco2)C1. The summed E-state index contributed by atoms with van der Waals surface area (Å²) in [5, 5.41) is 3.67. The van der Waals surface area contributed by atoms with E-state index in [1.54, 1.807) is 6.26 Å². The molecule has 0 saturated carbocycles. The van der Waals surface area contributed by atoms with Crippen molar-refractivity contribution in [2.75, 3.05) is 13.1 Å². The zero-order valence-electron chi connectivity index (χ0n) is 14.4. The standard InChI is InChI=1S/C19H21ClN4O2/c20-14-5-6-16-17(9-14)23-18(22-16)10-21-19(25)13-3-1-7-24(11-13)12-15-4-2-8-26-15/h2,4-6,8-9,13H,1,3,7,10-12H2,(H,21,25)(H,22,23)/t13-/m0/s1. The fraction of sp³-hybridized carbons (Fsp3) is 0.368. The van der Waals surface area contributed by atoms with E-state index in [0.29, 0.717) is 11.6 Å². The van der Waals surface area contributed by atoms with Gasteiger partial charge >= 0.3 is 0 Å². The van der Waals surface area contributed by atoms with Crippen molar-refractivity contribution in [3.05, 3.63) is 53.2 Å². The maximum atomic E-state index is 12.6. The Bertz CT molecular complexity index is 890. The highest BCUT2D eigenvalue weighted by Gasteiger charge is 2.26. The Morgan fingerprint density at radius 1 is 1.42 bits per heavy atom. The lowest BCUT2D eigenvalue weighted by Crippen LogP contribution is -2.42. The molecule has 1 aliphatic heterocycles. The zero-order valence-corrected chi connectivity index (χ0v) is 15.1. The number of imidazole rings is 1. The fourth-order valence-electron chi connectivity index (χ4n) is 3.47. The molecular weight excluding hydrogens is 352 g/mol. The summed E-state index contributed by atoms with van der Waals surface area (Å²) in [4.78, 5) is 22.5. The number of furan rings is 1. The number of amides is 1. The number of nitrogens with one attached hydrogen (secondary N) is 2. The van der Waals surface area contributed by atoms with Gasteiger partial charge in [0.25, 0.3) is 0 Å². The zero-order chi connectivity index (χ0) is 17.9. The first-order valence-corrected chi connectivity index (χ1v) is 9.22. The monoisotopic (exact) mass is 372 g/mol. The van der Waals surface area contributed by atoms with E-state index in [1.807, 2.05) is 30.3 Å². The first kappa shape index (κ1) is 17.1. The number of aromatic amines is 1. The molecule has 26 heavy (non-hydrogen) atoms. The Kier molecular flexibility index (Phi) is 4.95. The average molecular weight is 373 g/mol. The second-order valence-corrected chi connectivity index (χ2v) is 7.15. The quantitative estimate of drug-likeness (QED) is 0.720. The van der Waals surface area contributed by atoms with Crippen LogP contribution < -0.4 is 5.32 Å². The minimum Gasteiger partial charge on any atom is -0.468 e. The molecule has 3 heterocycles. The lowest BCUT2D eigenvalue weighted by molar-refractivity contribution is -0.127. The Morgan fingerprint density at radius 2 is 2.35 bits per heavy atom. The molecule has 1 atom stereocenters. The van der Waals surface area contributed by atoms with Crippen molar-refractivity contribution in [2.24, 2.45) is 5.92 Å². The van der Waals surface area contributed by atoms with Crippen molar-refractivity contribution in [1.29, 1.82) is 0 Å². The van der Waals surface area contributed by atoms with Crippen molar-refractivity contribution in [1.82, 2.24) is 20.2 Å². The molecule has 6 nitrogen and oxygen atoms in total. The van der Waals surface area contributed by atoms with E-state index in [9.17, 15) is 4.79 Å². The summed E-state index contributed by atoms with van der Waals surface area (Å²) in [6, 6.07) is 9.38. The predicted molar refractivity (Wildman–Crippen MR) is 99.7 cm³/mol. The van der Waals surface area contributed by atoms with E-state index in [0.717, 1.165) is 55.1 Å². The number of rotatable bonds is 5. The average Bonchev–Trinajstić information content (AvgIpc) is 3.28. The highest BCUT2D eigenvalue weighted by molar-refractivity contribution is 6.31. The van der Waals surface area contributed by atoms with E-state index in [2.05, 4.69) is 20.2 Å². The Labute approximate surface area is 156 Å². The first-order valence-electron chi connectivity index (χ1n) is 8.84. The van der Waals surface area contributed by atoms with E-state index >= 15 is 0 Å². The highest BCUT2D eigenvalue weighted by atomic mass is 35.5. The molecule has 3 aromatic rings. The molecule has 136 valence electrons. The molecule has 0 spiro atoms. The minimum atomic E-state index is -0.00228. The van der Waals surface area contributed by atoms with Gasteiger partial charge in [-0.3, -0.25) is 9.69 Å². The molecular formula is C19H21ClN4O2. The Morgan fingerprint density at radius 3 is 3.19 bits per heavy atom. The second-order valence-electron chi connectivity index (χ2n) is 6.72. The van der Waals surface area contributed by atoms with Crippen LogP contribution in [0.4, 0.5) is 0 Å². The molecule has 1 aromatic carbocycles. The summed E-state index contributed by atoms with van der Waals surface area (Å²) < 4.78 is 5.41. The van der Waals surface area contributed by atoms with Gasteiger partial charge in [-0.25, -0.2) is 4.98 Å². The molecule has 0 unspecified atom stereocenters. The van der Waals surface area contributed by atoms with Crippen LogP contribution >= 0.6 is 11.6 Å². The van der Waals surface area contributed by atoms with Gasteiger partial charge in [-0.1, -0.05) is 11.6 Å². The van der Waals surface area contributed by atoms with Gasteiger partial charge in [-0.05, 0) is 49.7 Å². The number of carbonyl (C=O) groups excluding carboxylic acids is 1. The number of fused-ring (bicyclic) bond motifs is 1. The third-order valence-electron chi connectivity index (χ3n) is 4.76. The van der Waals surface area contributed by atoms with Gasteiger partial charge in [0.2, 0.25) is 5.91 Å².